The normalized spacial score (nSPS) is 10.5. The number of halogens is 1. The molecule has 0 spiro atoms. The molecule has 1 rings (SSSR count). The molecule has 3 N–H and O–H groups in total. The van der Waals surface area contributed by atoms with Gasteiger partial charge in [-0.1, -0.05) is 44.2 Å². The van der Waals surface area contributed by atoms with Crippen LogP contribution in [0.2, 0.25) is 5.02 Å². The van der Waals surface area contributed by atoms with E-state index in [9.17, 15) is 4.79 Å². The summed E-state index contributed by atoms with van der Waals surface area (Å²) in [5, 5.41) is 3.42. The monoisotopic (exact) mass is 264 g/mol. The molecule has 0 heterocycles. The van der Waals surface area contributed by atoms with Crippen molar-refractivity contribution in [2.45, 2.75) is 20.8 Å². The van der Waals surface area contributed by atoms with Crippen molar-refractivity contribution in [3.63, 3.8) is 0 Å². The largest absolute Gasteiger partial charge is 0.325 e. The summed E-state index contributed by atoms with van der Waals surface area (Å²) >= 11 is 5.91. The van der Waals surface area contributed by atoms with E-state index in [1.165, 1.54) is 0 Å². The van der Waals surface area contributed by atoms with E-state index in [4.69, 9.17) is 17.3 Å². The maximum atomic E-state index is 11.9. The molecule has 0 aliphatic rings. The third kappa shape index (κ3) is 4.06. The van der Waals surface area contributed by atoms with Crippen molar-refractivity contribution in [1.82, 2.24) is 0 Å². The third-order valence-electron chi connectivity index (χ3n) is 2.24. The highest BCUT2D eigenvalue weighted by atomic mass is 35.5. The molecule has 4 heteroatoms. The number of benzene rings is 1. The van der Waals surface area contributed by atoms with Crippen LogP contribution in [0.5, 0.6) is 0 Å². The molecule has 0 aliphatic heterocycles. The minimum Gasteiger partial charge on any atom is -0.325 e. The van der Waals surface area contributed by atoms with Crippen molar-refractivity contribution in [2.24, 2.45) is 11.1 Å². The number of anilines is 1. The highest BCUT2D eigenvalue weighted by Gasteiger charge is 2.21. The summed E-state index contributed by atoms with van der Waals surface area (Å²) < 4.78 is 0. The van der Waals surface area contributed by atoms with E-state index < -0.39 is 5.41 Å². The van der Waals surface area contributed by atoms with Crippen LogP contribution in [0.15, 0.2) is 18.2 Å². The molecule has 0 fully saturated rings. The first-order chi connectivity index (χ1) is 8.34. The summed E-state index contributed by atoms with van der Waals surface area (Å²) in [5.41, 5.74) is 6.21. The van der Waals surface area contributed by atoms with E-state index in [1.807, 2.05) is 20.8 Å². The number of rotatable bonds is 1. The quantitative estimate of drug-likeness (QED) is 0.766. The molecule has 0 saturated heterocycles. The number of amides is 1. The summed E-state index contributed by atoms with van der Waals surface area (Å²) in [4.78, 5) is 11.9. The Kier molecular flexibility index (Phi) is 4.77. The van der Waals surface area contributed by atoms with Gasteiger partial charge in [-0.25, -0.2) is 0 Å². The van der Waals surface area contributed by atoms with Crippen LogP contribution in [0.1, 0.15) is 26.3 Å². The molecule has 0 unspecified atom stereocenters. The number of nitrogens with two attached hydrogens (primary N) is 1. The van der Waals surface area contributed by atoms with Gasteiger partial charge in [0.2, 0.25) is 5.91 Å². The van der Waals surface area contributed by atoms with Gasteiger partial charge in [0, 0.05) is 16.0 Å². The molecule has 0 radical (unpaired) electrons. The van der Waals surface area contributed by atoms with Gasteiger partial charge in [-0.3, -0.25) is 4.79 Å². The fourth-order valence-electron chi connectivity index (χ4n) is 1.18. The molecular weight excluding hydrogens is 248 g/mol. The summed E-state index contributed by atoms with van der Waals surface area (Å²) in [6.07, 6.45) is 0. The highest BCUT2D eigenvalue weighted by molar-refractivity contribution is 6.30. The van der Waals surface area contributed by atoms with Gasteiger partial charge in [0.1, 0.15) is 0 Å². The van der Waals surface area contributed by atoms with Gasteiger partial charge in [-0.15, -0.1) is 0 Å². The second-order valence-electron chi connectivity index (χ2n) is 4.90. The van der Waals surface area contributed by atoms with Gasteiger partial charge in [-0.05, 0) is 18.2 Å². The molecule has 0 atom stereocenters. The molecule has 0 saturated carbocycles. The van der Waals surface area contributed by atoms with Gasteiger partial charge in [0.15, 0.2) is 0 Å². The van der Waals surface area contributed by atoms with Crippen LogP contribution in [0.25, 0.3) is 0 Å². The molecule has 18 heavy (non-hydrogen) atoms. The first kappa shape index (κ1) is 14.6. The number of nitrogens with one attached hydrogen (secondary N) is 1. The fourth-order valence-corrected chi connectivity index (χ4v) is 1.36. The highest BCUT2D eigenvalue weighted by Crippen LogP contribution is 2.23. The summed E-state index contributed by atoms with van der Waals surface area (Å²) in [6, 6.07) is 5.17. The van der Waals surface area contributed by atoms with Crippen LogP contribution in [-0.4, -0.2) is 12.5 Å². The molecule has 1 aromatic carbocycles. The Morgan fingerprint density at radius 3 is 2.67 bits per heavy atom. The topological polar surface area (TPSA) is 55.1 Å². The number of carbonyl (C=O) groups excluding carboxylic acids is 1. The van der Waals surface area contributed by atoms with Crippen molar-refractivity contribution < 1.29 is 4.79 Å². The summed E-state index contributed by atoms with van der Waals surface area (Å²) in [6.45, 7) is 5.82. The van der Waals surface area contributed by atoms with Crippen molar-refractivity contribution in [3.8, 4) is 11.8 Å². The lowest BCUT2D eigenvalue weighted by atomic mass is 9.95. The number of hydrogen-bond acceptors (Lipinski definition) is 2. The first-order valence-electron chi connectivity index (χ1n) is 5.64. The zero-order valence-electron chi connectivity index (χ0n) is 10.8. The van der Waals surface area contributed by atoms with Gasteiger partial charge >= 0.3 is 0 Å². The molecular formula is C14H17ClN2O. The van der Waals surface area contributed by atoms with Crippen LogP contribution in [0.4, 0.5) is 5.69 Å². The van der Waals surface area contributed by atoms with Crippen molar-refractivity contribution in [2.75, 3.05) is 11.9 Å². The van der Waals surface area contributed by atoms with Gasteiger partial charge < -0.3 is 11.1 Å². The zero-order valence-corrected chi connectivity index (χ0v) is 11.6. The van der Waals surface area contributed by atoms with Crippen molar-refractivity contribution in [1.29, 1.82) is 0 Å². The first-order valence-corrected chi connectivity index (χ1v) is 6.02. The van der Waals surface area contributed by atoms with Gasteiger partial charge in [-0.2, -0.15) is 0 Å². The zero-order chi connectivity index (χ0) is 13.8. The van der Waals surface area contributed by atoms with Crippen LogP contribution in [-0.2, 0) is 4.79 Å². The van der Waals surface area contributed by atoms with Gasteiger partial charge in [0.25, 0.3) is 0 Å². The Morgan fingerprint density at radius 2 is 2.11 bits per heavy atom. The Hall–Kier alpha value is -1.50. The Morgan fingerprint density at radius 1 is 1.44 bits per heavy atom. The van der Waals surface area contributed by atoms with Crippen LogP contribution < -0.4 is 11.1 Å². The summed E-state index contributed by atoms with van der Waals surface area (Å²) in [5.74, 6) is 5.58. The lowest BCUT2D eigenvalue weighted by molar-refractivity contribution is -0.123. The molecule has 3 nitrogen and oxygen atoms in total. The second-order valence-corrected chi connectivity index (χ2v) is 5.34. The van der Waals surface area contributed by atoms with E-state index in [-0.39, 0.29) is 12.5 Å². The Balaban J connectivity index is 3.05. The van der Waals surface area contributed by atoms with Crippen molar-refractivity contribution >= 4 is 23.2 Å². The molecule has 1 aromatic rings. The smallest absolute Gasteiger partial charge is 0.229 e. The van der Waals surface area contributed by atoms with E-state index >= 15 is 0 Å². The Labute approximate surface area is 113 Å². The lowest BCUT2D eigenvalue weighted by Crippen LogP contribution is -2.27. The average Bonchev–Trinajstić information content (AvgIpc) is 2.28. The maximum Gasteiger partial charge on any atom is 0.229 e. The SMILES string of the molecule is CC(C)(C)C(=O)Nc1ccc(Cl)cc1C#CCN. The molecule has 0 bridgehead atoms. The third-order valence-corrected chi connectivity index (χ3v) is 2.47. The van der Waals surface area contributed by atoms with Crippen LogP contribution >= 0.6 is 11.6 Å². The Bertz CT molecular complexity index is 507. The molecule has 1 amide bonds. The van der Waals surface area contributed by atoms with Crippen molar-refractivity contribution in [3.05, 3.63) is 28.8 Å². The van der Waals surface area contributed by atoms with E-state index in [0.717, 1.165) is 0 Å². The lowest BCUT2D eigenvalue weighted by Gasteiger charge is -2.18. The van der Waals surface area contributed by atoms with E-state index in [2.05, 4.69) is 17.2 Å². The van der Waals surface area contributed by atoms with Crippen LogP contribution in [0, 0.1) is 17.3 Å². The minimum atomic E-state index is -0.460. The second kappa shape index (κ2) is 5.90. The predicted octanol–water partition coefficient (Wildman–Crippen LogP) is 2.63. The average molecular weight is 265 g/mol. The van der Waals surface area contributed by atoms with E-state index in [1.54, 1.807) is 18.2 Å². The molecule has 96 valence electrons. The maximum absolute atomic E-state index is 11.9. The number of carbonyl (C=O) groups is 1. The standard InChI is InChI=1S/C14H17ClN2O/c1-14(2,3)13(18)17-12-7-6-11(15)9-10(12)5-4-8-16/h6-7,9H,8,16H2,1-3H3,(H,17,18). The fraction of sp³-hybridized carbons (Fsp3) is 0.357. The van der Waals surface area contributed by atoms with Gasteiger partial charge in [0.05, 0.1) is 12.2 Å². The van der Waals surface area contributed by atoms with Crippen LogP contribution in [0.3, 0.4) is 0 Å². The predicted molar refractivity (Wildman–Crippen MR) is 75.5 cm³/mol. The number of hydrogen-bond donors (Lipinski definition) is 2. The minimum absolute atomic E-state index is 0.0689. The van der Waals surface area contributed by atoms with E-state index in [0.29, 0.717) is 16.3 Å². The summed E-state index contributed by atoms with van der Waals surface area (Å²) in [7, 11) is 0. The molecule has 0 aliphatic carbocycles. The molecule has 0 aromatic heterocycles.